The minimum Gasteiger partial charge on any atom is -0.243 e. The minimum atomic E-state index is 0. The van der Waals surface area contributed by atoms with Gasteiger partial charge in [0.15, 0.2) is 0 Å². The Hall–Kier alpha value is 1.13. The number of rotatable bonds is 2. The largest absolute Gasteiger partial charge is 0.243 e. The molecule has 0 unspecified atom stereocenters. The SMILES string of the molecule is C.C.C.C.CC(C)(C)C.CC(C)=[N+](C)C.CC(C)CC(C)C.II. The second-order valence-corrected chi connectivity index (χ2v) is 7.87. The van der Waals surface area contributed by atoms with Crippen molar-refractivity contribution in [2.24, 2.45) is 17.3 Å². The van der Waals surface area contributed by atoms with E-state index < -0.39 is 0 Å². The second-order valence-electron chi connectivity index (χ2n) is 7.87. The van der Waals surface area contributed by atoms with Crippen LogP contribution in [0.25, 0.3) is 0 Å². The quantitative estimate of drug-likeness (QED) is 0.175. The maximum atomic E-state index is 2.26. The summed E-state index contributed by atoms with van der Waals surface area (Å²) in [5, 5.41) is 0. The fraction of sp³-hybridized carbons (Fsp3) is 0.952. The molecule has 0 amide bonds. The van der Waals surface area contributed by atoms with Crippen molar-refractivity contribution in [3.05, 3.63) is 0 Å². The second kappa shape index (κ2) is 31.9. The monoisotopic (exact) mass is 576 g/mol. The van der Waals surface area contributed by atoms with E-state index >= 15 is 0 Å². The van der Waals surface area contributed by atoms with Crippen LogP contribution in [0.15, 0.2) is 0 Å². The van der Waals surface area contributed by atoms with Gasteiger partial charge in [0.05, 0.1) is 0 Å². The molecule has 0 aliphatic heterocycles. The molecule has 0 fully saturated rings. The zero-order valence-corrected chi connectivity index (χ0v) is 20.4. The van der Waals surface area contributed by atoms with Crippen LogP contribution in [0.3, 0.4) is 0 Å². The van der Waals surface area contributed by atoms with E-state index in [1.54, 1.807) is 0 Å². The van der Waals surface area contributed by atoms with Gasteiger partial charge in [0.2, 0.25) is 0 Å². The molecular formula is C21H56I2N+. The molecule has 24 heavy (non-hydrogen) atoms. The highest BCUT2D eigenvalue weighted by Gasteiger charge is 1.96. The summed E-state index contributed by atoms with van der Waals surface area (Å²) in [4.78, 5) is 0. The Kier molecular flexibility index (Phi) is 66.2. The normalized spacial score (nSPS) is 8.00. The lowest BCUT2D eigenvalue weighted by molar-refractivity contribution is -0.465. The highest BCUT2D eigenvalue weighted by Crippen LogP contribution is 2.08. The fourth-order valence-corrected chi connectivity index (χ4v) is 0.943. The van der Waals surface area contributed by atoms with Gasteiger partial charge in [-0.15, -0.1) is 0 Å². The van der Waals surface area contributed by atoms with Crippen molar-refractivity contribution in [2.75, 3.05) is 14.1 Å². The molecule has 0 heterocycles. The van der Waals surface area contributed by atoms with Crippen LogP contribution in [0.4, 0.5) is 0 Å². The summed E-state index contributed by atoms with van der Waals surface area (Å²) < 4.78 is 2.08. The van der Waals surface area contributed by atoms with E-state index in [9.17, 15) is 0 Å². The standard InChI is InChI=1S/C7H16.C5H12N.C5H12.4CH4.I2/c1-6(2)5-7(3)4;1-5(2)6(3)4;1-5(2,3)4;;;;;1-2/h6-7H,5H2,1-4H3;1-4H3;1-4H3;4*1H4;/q;+1;;;;;;. The van der Waals surface area contributed by atoms with E-state index in [2.05, 4.69) is 111 Å². The Morgan fingerprint density at radius 1 is 0.750 bits per heavy atom. The van der Waals surface area contributed by atoms with Crippen molar-refractivity contribution >= 4 is 42.9 Å². The summed E-state index contributed by atoms with van der Waals surface area (Å²) in [6.07, 6.45) is 1.36. The number of hydrogen-bond acceptors (Lipinski definition) is 0. The first-order valence-corrected chi connectivity index (χ1v) is 13.7. The van der Waals surface area contributed by atoms with Gasteiger partial charge in [0.1, 0.15) is 19.8 Å². The van der Waals surface area contributed by atoms with Crippen LogP contribution >= 0.6 is 37.2 Å². The van der Waals surface area contributed by atoms with Gasteiger partial charge in [-0.3, -0.25) is 0 Å². The molecule has 3 heteroatoms. The Morgan fingerprint density at radius 3 is 0.875 bits per heavy atom. The molecule has 0 saturated heterocycles. The van der Waals surface area contributed by atoms with Crippen molar-refractivity contribution in [3.8, 4) is 0 Å². The van der Waals surface area contributed by atoms with E-state index in [1.165, 1.54) is 12.1 Å². The lowest BCUT2D eigenvalue weighted by Crippen LogP contribution is -2.03. The molecule has 158 valence electrons. The van der Waals surface area contributed by atoms with Gasteiger partial charge < -0.3 is 0 Å². The van der Waals surface area contributed by atoms with Gasteiger partial charge in [-0.1, -0.05) is 85.1 Å². The summed E-state index contributed by atoms with van der Waals surface area (Å²) in [7, 11) is 4.07. The molecular weight excluding hydrogens is 520 g/mol. The molecule has 0 spiro atoms. The molecule has 0 aromatic heterocycles. The molecule has 0 aromatic rings. The van der Waals surface area contributed by atoms with Gasteiger partial charge in [-0.2, -0.15) is 0 Å². The summed E-state index contributed by atoms with van der Waals surface area (Å²) in [6.45, 7) is 22.0. The summed E-state index contributed by atoms with van der Waals surface area (Å²) in [5.41, 5.74) is 1.84. The first-order valence-electron chi connectivity index (χ1n) is 7.39. The average Bonchev–Trinajstić information content (AvgIpc) is 2.16. The highest BCUT2D eigenvalue weighted by atomic mass is 128. The summed E-state index contributed by atoms with van der Waals surface area (Å²) >= 11 is 4.24. The Morgan fingerprint density at radius 2 is 0.875 bits per heavy atom. The van der Waals surface area contributed by atoms with Gasteiger partial charge in [0, 0.05) is 51.1 Å². The smallest absolute Gasteiger partial charge is 0.145 e. The predicted molar refractivity (Wildman–Crippen MR) is 143 cm³/mol. The minimum absolute atomic E-state index is 0. The maximum absolute atomic E-state index is 2.26. The lowest BCUT2D eigenvalue weighted by atomic mass is 10.0. The predicted octanol–water partition coefficient (Wildman–Crippen LogP) is 9.80. The van der Waals surface area contributed by atoms with Crippen LogP contribution in [0, 0.1) is 17.3 Å². The molecule has 0 N–H and O–H groups in total. The van der Waals surface area contributed by atoms with Crippen molar-refractivity contribution < 1.29 is 4.58 Å². The molecule has 0 bridgehead atoms. The van der Waals surface area contributed by atoms with E-state index in [0.717, 1.165) is 11.8 Å². The van der Waals surface area contributed by atoms with Crippen LogP contribution in [-0.4, -0.2) is 24.4 Å². The van der Waals surface area contributed by atoms with E-state index in [0.29, 0.717) is 5.41 Å². The molecule has 0 aromatic carbocycles. The fourth-order valence-electron chi connectivity index (χ4n) is 0.943. The van der Waals surface area contributed by atoms with Crippen molar-refractivity contribution in [2.45, 2.75) is 105 Å². The van der Waals surface area contributed by atoms with E-state index in [4.69, 9.17) is 0 Å². The van der Waals surface area contributed by atoms with Crippen molar-refractivity contribution in [3.63, 3.8) is 0 Å². The van der Waals surface area contributed by atoms with Crippen LogP contribution in [-0.2, 0) is 0 Å². The lowest BCUT2D eigenvalue weighted by Gasteiger charge is -2.05. The molecule has 0 atom stereocenters. The highest BCUT2D eigenvalue weighted by molar-refractivity contribution is 15.0. The topological polar surface area (TPSA) is 3.01 Å². The Bertz CT molecular complexity index is 184. The first-order chi connectivity index (χ1) is 8.77. The third-order valence-electron chi connectivity index (χ3n) is 1.84. The average molecular weight is 576 g/mol. The summed E-state index contributed by atoms with van der Waals surface area (Å²) in [5.74, 6) is 1.75. The summed E-state index contributed by atoms with van der Waals surface area (Å²) in [6, 6.07) is 0. The number of halogens is 2. The molecule has 0 saturated carbocycles. The molecule has 0 rings (SSSR count). The van der Waals surface area contributed by atoms with Crippen LogP contribution in [0.2, 0.25) is 0 Å². The van der Waals surface area contributed by atoms with Gasteiger partial charge in [-0.05, 0) is 23.7 Å². The van der Waals surface area contributed by atoms with Gasteiger partial charge in [0.25, 0.3) is 0 Å². The third-order valence-corrected chi connectivity index (χ3v) is 1.84. The van der Waals surface area contributed by atoms with Crippen LogP contribution in [0.5, 0.6) is 0 Å². The van der Waals surface area contributed by atoms with E-state index in [1.807, 2.05) is 14.1 Å². The maximum Gasteiger partial charge on any atom is 0.145 e. The van der Waals surface area contributed by atoms with Crippen LogP contribution < -0.4 is 0 Å². The number of nitrogens with zero attached hydrogens (tertiary/aromatic N) is 1. The van der Waals surface area contributed by atoms with Gasteiger partial charge in [-0.25, -0.2) is 4.58 Å². The van der Waals surface area contributed by atoms with Crippen molar-refractivity contribution in [1.29, 1.82) is 0 Å². The first kappa shape index (κ1) is 49.9. The van der Waals surface area contributed by atoms with Crippen LogP contribution in [0.1, 0.15) is 105 Å². The zero-order valence-electron chi connectivity index (χ0n) is 16.1. The molecule has 1 nitrogen and oxygen atoms in total. The zero-order chi connectivity index (χ0) is 17.5. The Balaban J connectivity index is -0.0000000236. The molecule has 0 radical (unpaired) electrons. The third kappa shape index (κ3) is 136. The number of hydrogen-bond donors (Lipinski definition) is 0. The molecule has 0 aliphatic carbocycles. The van der Waals surface area contributed by atoms with Gasteiger partial charge >= 0.3 is 0 Å². The molecule has 0 aliphatic rings. The van der Waals surface area contributed by atoms with E-state index in [-0.39, 0.29) is 29.7 Å². The van der Waals surface area contributed by atoms with Crippen molar-refractivity contribution in [1.82, 2.24) is 0 Å². The Labute approximate surface area is 183 Å².